The predicted octanol–water partition coefficient (Wildman–Crippen LogP) is 5.02. The molecule has 1 aromatic rings. The number of nitrogens with one attached hydrogen (secondary N) is 1. The first kappa shape index (κ1) is 24.7. The maximum Gasteiger partial charge on any atom is 0.319 e. The van der Waals surface area contributed by atoms with Crippen molar-refractivity contribution in [2.24, 2.45) is 5.92 Å². The Morgan fingerprint density at radius 2 is 1.81 bits per heavy atom. The van der Waals surface area contributed by atoms with Gasteiger partial charge in [-0.2, -0.15) is 8.78 Å². The quantitative estimate of drug-likeness (QED) is 0.389. The lowest BCUT2D eigenvalue weighted by Gasteiger charge is -2.33. The van der Waals surface area contributed by atoms with E-state index in [0.29, 0.717) is 32.4 Å². The van der Waals surface area contributed by atoms with Gasteiger partial charge in [0.15, 0.2) is 0 Å². The van der Waals surface area contributed by atoms with Crippen LogP contribution in [-0.4, -0.2) is 54.9 Å². The van der Waals surface area contributed by atoms with Crippen LogP contribution in [0.4, 0.5) is 26.3 Å². The van der Waals surface area contributed by atoms with Gasteiger partial charge in [-0.1, -0.05) is 0 Å². The summed E-state index contributed by atoms with van der Waals surface area (Å²) in [4.78, 5) is 13.5. The molecule has 0 unspecified atom stereocenters. The summed E-state index contributed by atoms with van der Waals surface area (Å²) >= 11 is 0. The number of piperidine rings is 1. The van der Waals surface area contributed by atoms with Gasteiger partial charge in [0.05, 0.1) is 13.2 Å². The van der Waals surface area contributed by atoms with E-state index in [9.17, 15) is 31.1 Å². The minimum Gasteiger partial charge on any atom is -0.493 e. The van der Waals surface area contributed by atoms with E-state index in [4.69, 9.17) is 4.74 Å². The van der Waals surface area contributed by atoms with E-state index < -0.39 is 47.5 Å². The summed E-state index contributed by atoms with van der Waals surface area (Å²) in [6.07, 6.45) is 0.410. The predicted molar refractivity (Wildman–Crippen MR) is 106 cm³/mol. The summed E-state index contributed by atoms with van der Waals surface area (Å²) in [5.74, 6) is -6.54. The van der Waals surface area contributed by atoms with Crippen LogP contribution in [-0.2, 0) is 0 Å². The van der Waals surface area contributed by atoms with Crippen molar-refractivity contribution in [3.63, 3.8) is 0 Å². The number of halogens is 6. The Balaban J connectivity index is 1.39. The Bertz CT molecular complexity index is 785. The largest absolute Gasteiger partial charge is 0.493 e. The number of carbonyl (C=O) groups excluding carboxylic acids is 1. The molecule has 3 rings (SSSR count). The topological polar surface area (TPSA) is 41.6 Å². The molecule has 0 aromatic heterocycles. The molecule has 2 aliphatic rings. The zero-order chi connectivity index (χ0) is 23.5. The van der Waals surface area contributed by atoms with Gasteiger partial charge in [-0.3, -0.25) is 9.69 Å². The van der Waals surface area contributed by atoms with E-state index in [2.05, 4.69) is 5.32 Å². The van der Waals surface area contributed by atoms with Gasteiger partial charge in [-0.05, 0) is 64.5 Å². The fraction of sp³-hybridized carbons (Fsp3) is 0.682. The van der Waals surface area contributed by atoms with Crippen molar-refractivity contribution in [2.75, 3.05) is 26.2 Å². The summed E-state index contributed by atoms with van der Waals surface area (Å²) in [5, 5.41) is 2.62. The molecule has 1 amide bonds. The second-order valence-electron chi connectivity index (χ2n) is 9.05. The molecule has 180 valence electrons. The van der Waals surface area contributed by atoms with Gasteiger partial charge < -0.3 is 10.1 Å². The summed E-state index contributed by atoms with van der Waals surface area (Å²) in [5.41, 5.74) is -1.03. The third-order valence-corrected chi connectivity index (χ3v) is 6.14. The first-order valence-electron chi connectivity index (χ1n) is 10.8. The smallest absolute Gasteiger partial charge is 0.319 e. The van der Waals surface area contributed by atoms with Gasteiger partial charge >= 0.3 is 12.3 Å². The van der Waals surface area contributed by atoms with Gasteiger partial charge in [0, 0.05) is 17.7 Å². The molecule has 0 bridgehead atoms. The first-order chi connectivity index (χ1) is 15.0. The number of alkyl halides is 4. The lowest BCUT2D eigenvalue weighted by Crippen LogP contribution is -2.45. The van der Waals surface area contributed by atoms with E-state index >= 15 is 0 Å². The number of carbonyl (C=O) groups is 1. The van der Waals surface area contributed by atoms with E-state index in [0.717, 1.165) is 31.4 Å². The van der Waals surface area contributed by atoms with Crippen LogP contribution in [0.2, 0.25) is 0 Å². The van der Waals surface area contributed by atoms with Gasteiger partial charge in [0.1, 0.15) is 22.9 Å². The van der Waals surface area contributed by atoms with Crippen LogP contribution in [0.5, 0.6) is 5.75 Å². The van der Waals surface area contributed by atoms with Gasteiger partial charge in [0.25, 0.3) is 5.91 Å². The third kappa shape index (κ3) is 6.52. The van der Waals surface area contributed by atoms with Crippen LogP contribution in [0.15, 0.2) is 12.1 Å². The molecule has 1 N–H and O–H groups in total. The minimum absolute atomic E-state index is 0.0155. The Morgan fingerprint density at radius 3 is 2.34 bits per heavy atom. The van der Waals surface area contributed by atoms with Crippen molar-refractivity contribution in [3.05, 3.63) is 29.3 Å². The van der Waals surface area contributed by atoms with Crippen molar-refractivity contribution in [1.82, 2.24) is 10.2 Å². The van der Waals surface area contributed by atoms with Crippen molar-refractivity contribution >= 4 is 5.91 Å². The molecule has 1 aliphatic carbocycles. The van der Waals surface area contributed by atoms with Crippen LogP contribution in [0.25, 0.3) is 0 Å². The average Bonchev–Trinajstić information content (AvgIpc) is 3.42. The number of benzene rings is 1. The highest BCUT2D eigenvalue weighted by atomic mass is 19.3. The fourth-order valence-electron chi connectivity index (χ4n) is 3.86. The Hall–Kier alpha value is -1.97. The van der Waals surface area contributed by atoms with Crippen LogP contribution in [0.3, 0.4) is 0 Å². The number of amides is 1. The van der Waals surface area contributed by atoms with Crippen molar-refractivity contribution in [2.45, 2.75) is 63.3 Å². The van der Waals surface area contributed by atoms with Gasteiger partial charge in [-0.25, -0.2) is 17.6 Å². The number of hydrogen-bond donors (Lipinski definition) is 1. The highest BCUT2D eigenvalue weighted by molar-refractivity contribution is 5.95. The lowest BCUT2D eigenvalue weighted by atomic mass is 9.92. The molecule has 0 atom stereocenters. The number of ether oxygens (including phenoxy) is 1. The molecule has 1 saturated heterocycles. The Morgan fingerprint density at radius 1 is 1.22 bits per heavy atom. The summed E-state index contributed by atoms with van der Waals surface area (Å²) in [6.45, 7) is 1.72. The summed E-state index contributed by atoms with van der Waals surface area (Å²) in [7, 11) is 0. The lowest BCUT2D eigenvalue weighted by molar-refractivity contribution is -0.144. The molecule has 1 aromatic carbocycles. The van der Waals surface area contributed by atoms with Crippen molar-refractivity contribution in [3.8, 4) is 5.75 Å². The maximum atomic E-state index is 14.3. The Labute approximate surface area is 183 Å². The summed E-state index contributed by atoms with van der Waals surface area (Å²) < 4.78 is 84.9. The second-order valence-corrected chi connectivity index (χ2v) is 9.05. The summed E-state index contributed by atoms with van der Waals surface area (Å²) in [6, 6.07) is 1.96. The molecule has 4 nitrogen and oxygen atoms in total. The number of rotatable bonds is 10. The number of nitrogens with zero attached hydrogens (tertiary/aromatic N) is 1. The highest BCUT2D eigenvalue weighted by Gasteiger charge is 2.42. The maximum absolute atomic E-state index is 14.3. The standard InChI is InChI=1S/C22H28F6N2O2/c1-21(6-7-21)29-19(31)18-16(23)11-15(12-17(18)24)32-10-2-3-14-4-8-30(9-5-14)13-22(27,28)20(25)26/h11-12,14,20H,2-10,13H2,1H3,(H,29,31). The van der Waals surface area contributed by atoms with Crippen LogP contribution >= 0.6 is 0 Å². The normalized spacial score (nSPS) is 19.2. The molecule has 1 saturated carbocycles. The van der Waals surface area contributed by atoms with Crippen LogP contribution in [0, 0.1) is 17.6 Å². The zero-order valence-electron chi connectivity index (χ0n) is 17.9. The molecule has 0 spiro atoms. The second kappa shape index (κ2) is 9.89. The van der Waals surface area contributed by atoms with E-state index in [1.807, 2.05) is 0 Å². The number of hydrogen-bond acceptors (Lipinski definition) is 3. The molecule has 32 heavy (non-hydrogen) atoms. The molecular weight excluding hydrogens is 438 g/mol. The molecule has 10 heteroatoms. The van der Waals surface area contributed by atoms with Crippen molar-refractivity contribution < 1.29 is 35.9 Å². The molecule has 2 fully saturated rings. The van der Waals surface area contributed by atoms with E-state index in [1.165, 1.54) is 4.90 Å². The fourth-order valence-corrected chi connectivity index (χ4v) is 3.86. The average molecular weight is 466 g/mol. The first-order valence-corrected chi connectivity index (χ1v) is 10.8. The van der Waals surface area contributed by atoms with E-state index in [1.54, 1.807) is 6.92 Å². The van der Waals surface area contributed by atoms with Crippen LogP contribution < -0.4 is 10.1 Å². The SMILES string of the molecule is CC1(NC(=O)c2c(F)cc(OCCCC3CCN(CC(F)(F)C(F)F)CC3)cc2F)CC1. The minimum atomic E-state index is -4.00. The van der Waals surface area contributed by atoms with Gasteiger partial charge in [-0.15, -0.1) is 0 Å². The monoisotopic (exact) mass is 466 g/mol. The van der Waals surface area contributed by atoms with Crippen LogP contribution in [0.1, 0.15) is 55.8 Å². The highest BCUT2D eigenvalue weighted by Crippen LogP contribution is 2.35. The zero-order valence-corrected chi connectivity index (χ0v) is 17.9. The molecule has 1 aliphatic heterocycles. The molecule has 0 radical (unpaired) electrons. The van der Waals surface area contributed by atoms with E-state index in [-0.39, 0.29) is 18.3 Å². The Kier molecular flexibility index (Phi) is 7.62. The third-order valence-electron chi connectivity index (χ3n) is 6.14. The molecular formula is C22H28F6N2O2. The number of likely N-dealkylation sites (tertiary alicyclic amines) is 1. The molecule has 1 heterocycles. The van der Waals surface area contributed by atoms with Crippen molar-refractivity contribution in [1.29, 1.82) is 0 Å². The van der Waals surface area contributed by atoms with Gasteiger partial charge in [0.2, 0.25) is 0 Å².